The first-order valence-electron chi connectivity index (χ1n) is 5.88. The highest BCUT2D eigenvalue weighted by Crippen LogP contribution is 2.27. The van der Waals surface area contributed by atoms with E-state index >= 15 is 0 Å². The Bertz CT molecular complexity index is 549. The zero-order valence-electron chi connectivity index (χ0n) is 10.4. The molecular formula is C14H15F2NO. The Labute approximate surface area is 105 Å². The van der Waals surface area contributed by atoms with Gasteiger partial charge in [0.2, 0.25) is 0 Å². The summed E-state index contributed by atoms with van der Waals surface area (Å²) in [6.07, 6.45) is 0. The summed E-state index contributed by atoms with van der Waals surface area (Å²) in [5.74, 6) is -0.636. The maximum Gasteiger partial charge on any atom is 0.170 e. The molecule has 0 saturated carbocycles. The second kappa shape index (κ2) is 5.31. The van der Waals surface area contributed by atoms with Crippen molar-refractivity contribution in [2.24, 2.45) is 0 Å². The molecule has 0 aliphatic carbocycles. The SMILES string of the molecule is CCNCc1ccc(-c2ccc(C)c(F)c2F)o1. The van der Waals surface area contributed by atoms with Crippen LogP contribution in [0.25, 0.3) is 11.3 Å². The molecule has 0 aliphatic rings. The molecule has 0 fully saturated rings. The third-order valence-electron chi connectivity index (χ3n) is 2.75. The number of hydrogen-bond acceptors (Lipinski definition) is 2. The number of rotatable bonds is 4. The molecule has 96 valence electrons. The minimum atomic E-state index is -0.862. The van der Waals surface area contributed by atoms with Crippen molar-refractivity contribution in [3.8, 4) is 11.3 Å². The van der Waals surface area contributed by atoms with Crippen molar-refractivity contribution in [3.05, 3.63) is 47.2 Å². The second-order valence-corrected chi connectivity index (χ2v) is 4.10. The van der Waals surface area contributed by atoms with Gasteiger partial charge in [-0.3, -0.25) is 0 Å². The van der Waals surface area contributed by atoms with Gasteiger partial charge in [0.25, 0.3) is 0 Å². The van der Waals surface area contributed by atoms with Gasteiger partial charge < -0.3 is 9.73 Å². The Morgan fingerprint density at radius 2 is 1.89 bits per heavy atom. The van der Waals surface area contributed by atoms with Crippen LogP contribution in [-0.2, 0) is 6.54 Å². The highest BCUT2D eigenvalue weighted by atomic mass is 19.2. The first-order chi connectivity index (χ1) is 8.63. The standard InChI is InChI=1S/C14H15F2NO/c1-3-17-8-10-5-7-12(18-10)11-6-4-9(2)13(15)14(11)16/h4-7,17H,3,8H2,1-2H3. The lowest BCUT2D eigenvalue weighted by atomic mass is 10.1. The lowest BCUT2D eigenvalue weighted by Crippen LogP contribution is -2.10. The summed E-state index contributed by atoms with van der Waals surface area (Å²) in [6.45, 7) is 4.91. The number of benzene rings is 1. The number of furan rings is 1. The van der Waals surface area contributed by atoms with Gasteiger partial charge in [-0.25, -0.2) is 8.78 Å². The van der Waals surface area contributed by atoms with E-state index in [1.54, 1.807) is 18.2 Å². The molecule has 1 heterocycles. The van der Waals surface area contributed by atoms with Crippen molar-refractivity contribution in [2.75, 3.05) is 6.54 Å². The Morgan fingerprint density at radius 3 is 2.61 bits per heavy atom. The summed E-state index contributed by atoms with van der Waals surface area (Å²) in [7, 11) is 0. The fourth-order valence-electron chi connectivity index (χ4n) is 1.70. The van der Waals surface area contributed by atoms with E-state index < -0.39 is 11.6 Å². The molecule has 1 aromatic heterocycles. The van der Waals surface area contributed by atoms with Gasteiger partial charge in [0, 0.05) is 0 Å². The third-order valence-corrected chi connectivity index (χ3v) is 2.75. The zero-order valence-corrected chi connectivity index (χ0v) is 10.4. The average molecular weight is 251 g/mol. The molecule has 18 heavy (non-hydrogen) atoms. The molecule has 0 radical (unpaired) electrons. The van der Waals surface area contributed by atoms with Crippen LogP contribution in [0.2, 0.25) is 0 Å². The zero-order chi connectivity index (χ0) is 13.1. The second-order valence-electron chi connectivity index (χ2n) is 4.10. The van der Waals surface area contributed by atoms with Crippen LogP contribution in [0.4, 0.5) is 8.78 Å². The predicted octanol–water partition coefficient (Wildman–Crippen LogP) is 3.64. The highest BCUT2D eigenvalue weighted by Gasteiger charge is 2.15. The molecule has 0 aliphatic heterocycles. The van der Waals surface area contributed by atoms with E-state index in [1.165, 1.54) is 13.0 Å². The fraction of sp³-hybridized carbons (Fsp3) is 0.286. The minimum absolute atomic E-state index is 0.154. The Hall–Kier alpha value is -1.68. The molecule has 0 unspecified atom stereocenters. The summed E-state index contributed by atoms with van der Waals surface area (Å²) < 4.78 is 32.7. The number of halogens is 2. The molecule has 2 aromatic rings. The van der Waals surface area contributed by atoms with E-state index in [2.05, 4.69) is 5.32 Å². The first-order valence-corrected chi connectivity index (χ1v) is 5.88. The largest absolute Gasteiger partial charge is 0.460 e. The lowest BCUT2D eigenvalue weighted by Gasteiger charge is -2.03. The minimum Gasteiger partial charge on any atom is -0.460 e. The highest BCUT2D eigenvalue weighted by molar-refractivity contribution is 5.59. The fourth-order valence-corrected chi connectivity index (χ4v) is 1.70. The Kier molecular flexibility index (Phi) is 3.77. The summed E-state index contributed by atoms with van der Waals surface area (Å²) in [6, 6.07) is 6.49. The van der Waals surface area contributed by atoms with Crippen molar-refractivity contribution < 1.29 is 13.2 Å². The number of nitrogens with one attached hydrogen (secondary N) is 1. The normalized spacial score (nSPS) is 10.9. The molecule has 4 heteroatoms. The van der Waals surface area contributed by atoms with Crippen LogP contribution in [0.5, 0.6) is 0 Å². The molecule has 0 bridgehead atoms. The number of hydrogen-bond donors (Lipinski definition) is 1. The van der Waals surface area contributed by atoms with Crippen molar-refractivity contribution in [1.82, 2.24) is 5.32 Å². The van der Waals surface area contributed by atoms with Gasteiger partial charge >= 0.3 is 0 Å². The Morgan fingerprint density at radius 1 is 1.11 bits per heavy atom. The molecule has 0 saturated heterocycles. The van der Waals surface area contributed by atoms with Crippen LogP contribution in [0.1, 0.15) is 18.2 Å². The van der Waals surface area contributed by atoms with Crippen molar-refractivity contribution in [3.63, 3.8) is 0 Å². The first kappa shape index (κ1) is 12.8. The van der Waals surface area contributed by atoms with E-state index in [1.807, 2.05) is 6.92 Å². The summed E-state index contributed by atoms with van der Waals surface area (Å²) in [5.41, 5.74) is 0.441. The topological polar surface area (TPSA) is 25.2 Å². The van der Waals surface area contributed by atoms with Gasteiger partial charge in [-0.2, -0.15) is 0 Å². The average Bonchev–Trinajstić information content (AvgIpc) is 2.82. The van der Waals surface area contributed by atoms with Gasteiger partial charge in [-0.15, -0.1) is 0 Å². The Balaban J connectivity index is 2.31. The van der Waals surface area contributed by atoms with Gasteiger partial charge in [0.15, 0.2) is 11.6 Å². The van der Waals surface area contributed by atoms with Gasteiger partial charge in [-0.1, -0.05) is 13.0 Å². The maximum absolute atomic E-state index is 13.8. The smallest absolute Gasteiger partial charge is 0.170 e. The number of aryl methyl sites for hydroxylation is 1. The summed E-state index contributed by atoms with van der Waals surface area (Å²) in [4.78, 5) is 0. The van der Waals surface area contributed by atoms with Gasteiger partial charge in [0.05, 0.1) is 12.1 Å². The van der Waals surface area contributed by atoms with Crippen LogP contribution >= 0.6 is 0 Å². The van der Waals surface area contributed by atoms with Crippen LogP contribution in [-0.4, -0.2) is 6.54 Å². The van der Waals surface area contributed by atoms with Crippen LogP contribution in [0, 0.1) is 18.6 Å². The van der Waals surface area contributed by atoms with Crippen LogP contribution < -0.4 is 5.32 Å². The van der Waals surface area contributed by atoms with E-state index in [4.69, 9.17) is 4.42 Å². The molecule has 2 nitrogen and oxygen atoms in total. The quantitative estimate of drug-likeness (QED) is 0.897. The molecule has 1 N–H and O–H groups in total. The third kappa shape index (κ3) is 2.43. The van der Waals surface area contributed by atoms with Crippen molar-refractivity contribution in [1.29, 1.82) is 0 Å². The molecule has 0 spiro atoms. The molecule has 0 amide bonds. The molecular weight excluding hydrogens is 236 g/mol. The van der Waals surface area contributed by atoms with Crippen LogP contribution in [0.15, 0.2) is 28.7 Å². The van der Waals surface area contributed by atoms with Crippen LogP contribution in [0.3, 0.4) is 0 Å². The van der Waals surface area contributed by atoms with E-state index in [0.717, 1.165) is 6.54 Å². The monoisotopic (exact) mass is 251 g/mol. The molecule has 1 aromatic carbocycles. The van der Waals surface area contributed by atoms with E-state index in [0.29, 0.717) is 18.1 Å². The van der Waals surface area contributed by atoms with E-state index in [-0.39, 0.29) is 11.1 Å². The predicted molar refractivity (Wildman–Crippen MR) is 66.2 cm³/mol. The maximum atomic E-state index is 13.8. The molecule has 0 atom stereocenters. The van der Waals surface area contributed by atoms with Crippen molar-refractivity contribution >= 4 is 0 Å². The van der Waals surface area contributed by atoms with Crippen molar-refractivity contribution in [2.45, 2.75) is 20.4 Å². The van der Waals surface area contributed by atoms with Gasteiger partial charge in [-0.05, 0) is 37.2 Å². The lowest BCUT2D eigenvalue weighted by molar-refractivity contribution is 0.481. The molecule has 2 rings (SSSR count). The summed E-state index contributed by atoms with van der Waals surface area (Å²) >= 11 is 0. The summed E-state index contributed by atoms with van der Waals surface area (Å²) in [5, 5.41) is 3.10. The van der Waals surface area contributed by atoms with E-state index in [9.17, 15) is 8.78 Å². The van der Waals surface area contributed by atoms with Gasteiger partial charge in [0.1, 0.15) is 11.5 Å².